The number of hydrogen-bond donors (Lipinski definition) is 2. The third-order valence-electron chi connectivity index (χ3n) is 3.93. The van der Waals surface area contributed by atoms with Gasteiger partial charge in [0.15, 0.2) is 0 Å². The van der Waals surface area contributed by atoms with Crippen LogP contribution in [0.2, 0.25) is 0 Å². The van der Waals surface area contributed by atoms with Gasteiger partial charge < -0.3 is 15.8 Å². The summed E-state index contributed by atoms with van der Waals surface area (Å²) < 4.78 is 7.17. The summed E-state index contributed by atoms with van der Waals surface area (Å²) in [6.45, 7) is 1.50. The molecule has 120 valence electrons. The molecule has 1 amide bonds. The molecule has 0 saturated heterocycles. The van der Waals surface area contributed by atoms with Crippen LogP contribution in [0.15, 0.2) is 18.5 Å². The number of hydrogen-bond acceptors (Lipinski definition) is 4. The van der Waals surface area contributed by atoms with E-state index in [1.807, 2.05) is 16.9 Å². The lowest BCUT2D eigenvalue weighted by atomic mass is 9.83. The number of nitrogens with two attached hydrogens (primary N) is 1. The highest BCUT2D eigenvalue weighted by molar-refractivity contribution is 5.85. The molecule has 1 heterocycles. The van der Waals surface area contributed by atoms with E-state index < -0.39 is 0 Å². The maximum Gasteiger partial charge on any atom is 0.223 e. The molecule has 7 heteroatoms. The van der Waals surface area contributed by atoms with Crippen molar-refractivity contribution < 1.29 is 9.53 Å². The Morgan fingerprint density at radius 3 is 2.95 bits per heavy atom. The molecule has 0 radical (unpaired) electrons. The number of nitrogens with one attached hydrogen (secondary N) is 1. The molecule has 3 atom stereocenters. The number of ether oxygens (including phenoxy) is 1. The summed E-state index contributed by atoms with van der Waals surface area (Å²) in [4.78, 5) is 12.1. The fraction of sp³-hybridized carbons (Fsp3) is 0.714. The lowest BCUT2D eigenvalue weighted by molar-refractivity contribution is -0.127. The molecule has 0 bridgehead atoms. The molecular weight excluding hydrogens is 292 g/mol. The van der Waals surface area contributed by atoms with Crippen LogP contribution in [0.3, 0.4) is 0 Å². The number of carbonyl (C=O) groups is 1. The minimum atomic E-state index is -0.0337. The zero-order valence-corrected chi connectivity index (χ0v) is 13.2. The molecule has 1 saturated carbocycles. The second-order valence-corrected chi connectivity index (χ2v) is 5.36. The summed E-state index contributed by atoms with van der Waals surface area (Å²) in [5.74, 6) is 0.150. The quantitative estimate of drug-likeness (QED) is 0.766. The molecule has 1 aromatic heterocycles. The van der Waals surface area contributed by atoms with E-state index >= 15 is 0 Å². The molecule has 0 aromatic carbocycles. The van der Waals surface area contributed by atoms with Crippen molar-refractivity contribution in [1.29, 1.82) is 0 Å². The van der Waals surface area contributed by atoms with E-state index in [-0.39, 0.29) is 36.4 Å². The van der Waals surface area contributed by atoms with Crippen molar-refractivity contribution in [3.63, 3.8) is 0 Å². The van der Waals surface area contributed by atoms with Gasteiger partial charge in [-0.05, 0) is 31.7 Å². The van der Waals surface area contributed by atoms with Crippen LogP contribution in [-0.2, 0) is 16.1 Å². The first kappa shape index (κ1) is 17.9. The molecule has 6 nitrogen and oxygen atoms in total. The highest BCUT2D eigenvalue weighted by atomic mass is 35.5. The molecule has 1 aliphatic carbocycles. The Morgan fingerprint density at radius 2 is 2.33 bits per heavy atom. The number of amides is 1. The Balaban J connectivity index is 0.00000220. The zero-order valence-electron chi connectivity index (χ0n) is 12.4. The van der Waals surface area contributed by atoms with Gasteiger partial charge in [0.1, 0.15) is 0 Å². The van der Waals surface area contributed by atoms with Gasteiger partial charge in [-0.15, -0.1) is 12.4 Å². The van der Waals surface area contributed by atoms with Crippen LogP contribution < -0.4 is 11.1 Å². The van der Waals surface area contributed by atoms with Crippen LogP contribution in [0.1, 0.15) is 25.7 Å². The molecule has 1 fully saturated rings. The van der Waals surface area contributed by atoms with Crippen LogP contribution in [0, 0.1) is 5.92 Å². The van der Waals surface area contributed by atoms with Crippen LogP contribution in [-0.4, -0.2) is 41.5 Å². The van der Waals surface area contributed by atoms with Crippen molar-refractivity contribution in [2.45, 2.75) is 44.4 Å². The van der Waals surface area contributed by atoms with Gasteiger partial charge in [0.25, 0.3) is 0 Å². The van der Waals surface area contributed by atoms with Gasteiger partial charge in [0.2, 0.25) is 5.91 Å². The average Bonchev–Trinajstić information content (AvgIpc) is 2.96. The van der Waals surface area contributed by atoms with Crippen molar-refractivity contribution >= 4 is 18.3 Å². The molecule has 2 rings (SSSR count). The Kier molecular flexibility index (Phi) is 7.71. The van der Waals surface area contributed by atoms with Crippen molar-refractivity contribution in [1.82, 2.24) is 15.1 Å². The molecule has 3 N–H and O–H groups in total. The first-order valence-corrected chi connectivity index (χ1v) is 7.24. The van der Waals surface area contributed by atoms with Gasteiger partial charge in [-0.3, -0.25) is 9.48 Å². The monoisotopic (exact) mass is 316 g/mol. The van der Waals surface area contributed by atoms with Crippen LogP contribution in [0.4, 0.5) is 0 Å². The minimum absolute atomic E-state index is 0. The number of aromatic nitrogens is 2. The van der Waals surface area contributed by atoms with Gasteiger partial charge in [-0.25, -0.2) is 0 Å². The molecule has 0 aliphatic heterocycles. The number of aryl methyl sites for hydroxylation is 1. The van der Waals surface area contributed by atoms with Gasteiger partial charge in [0, 0.05) is 44.6 Å². The first-order valence-electron chi connectivity index (χ1n) is 7.24. The molecule has 21 heavy (non-hydrogen) atoms. The van der Waals surface area contributed by atoms with Gasteiger partial charge >= 0.3 is 0 Å². The van der Waals surface area contributed by atoms with E-state index in [0.29, 0.717) is 13.0 Å². The second-order valence-electron chi connectivity index (χ2n) is 5.36. The van der Waals surface area contributed by atoms with E-state index in [1.54, 1.807) is 13.3 Å². The fourth-order valence-electron chi connectivity index (χ4n) is 2.74. The molecule has 0 spiro atoms. The predicted octanol–water partition coefficient (Wildman–Crippen LogP) is 0.954. The summed E-state index contributed by atoms with van der Waals surface area (Å²) in [5, 5.41) is 7.12. The van der Waals surface area contributed by atoms with E-state index in [2.05, 4.69) is 10.4 Å². The van der Waals surface area contributed by atoms with Crippen LogP contribution in [0.25, 0.3) is 0 Å². The number of carbonyl (C=O) groups excluding carboxylic acids is 1. The predicted molar refractivity (Wildman–Crippen MR) is 83.2 cm³/mol. The molecule has 1 aliphatic rings. The summed E-state index contributed by atoms with van der Waals surface area (Å²) in [6.07, 6.45) is 7.09. The van der Waals surface area contributed by atoms with Gasteiger partial charge in [-0.2, -0.15) is 5.10 Å². The molecule has 0 unspecified atom stereocenters. The van der Waals surface area contributed by atoms with E-state index in [0.717, 1.165) is 25.8 Å². The van der Waals surface area contributed by atoms with E-state index in [4.69, 9.17) is 10.5 Å². The van der Waals surface area contributed by atoms with E-state index in [1.165, 1.54) is 0 Å². The van der Waals surface area contributed by atoms with Crippen molar-refractivity contribution in [3.8, 4) is 0 Å². The van der Waals surface area contributed by atoms with E-state index in [9.17, 15) is 4.79 Å². The number of methoxy groups -OCH3 is 1. The van der Waals surface area contributed by atoms with Crippen molar-refractivity contribution in [3.05, 3.63) is 18.5 Å². The van der Waals surface area contributed by atoms with Crippen molar-refractivity contribution in [2.24, 2.45) is 11.7 Å². The van der Waals surface area contributed by atoms with Crippen LogP contribution in [0.5, 0.6) is 0 Å². The largest absolute Gasteiger partial charge is 0.380 e. The summed E-state index contributed by atoms with van der Waals surface area (Å²) >= 11 is 0. The van der Waals surface area contributed by atoms with Crippen molar-refractivity contribution in [2.75, 3.05) is 13.7 Å². The second kappa shape index (κ2) is 9.02. The standard InChI is InChI=1S/C14H24N4O2.ClH/c1-20-13-5-4-11(10-12(13)15)14(19)16-6-2-8-18-9-3-7-17-18;/h3,7,9,11-13H,2,4-6,8,10,15H2,1H3,(H,16,19);1H/t11-,12+,13+;/m0./s1. The summed E-state index contributed by atoms with van der Waals surface area (Å²) in [5.41, 5.74) is 6.02. The number of rotatable bonds is 6. The highest BCUT2D eigenvalue weighted by Crippen LogP contribution is 2.25. The van der Waals surface area contributed by atoms with Gasteiger partial charge in [-0.1, -0.05) is 0 Å². The Bertz CT molecular complexity index is 413. The molecular formula is C14H25ClN4O2. The minimum Gasteiger partial charge on any atom is -0.380 e. The average molecular weight is 317 g/mol. The fourth-order valence-corrected chi connectivity index (χ4v) is 2.74. The van der Waals surface area contributed by atoms with Gasteiger partial charge in [0.05, 0.1) is 6.10 Å². The zero-order chi connectivity index (χ0) is 14.4. The normalized spacial score (nSPS) is 25.1. The topological polar surface area (TPSA) is 82.2 Å². The Labute approximate surface area is 131 Å². The van der Waals surface area contributed by atoms with Crippen LogP contribution >= 0.6 is 12.4 Å². The number of halogens is 1. The summed E-state index contributed by atoms with van der Waals surface area (Å²) in [6, 6.07) is 1.86. The summed E-state index contributed by atoms with van der Waals surface area (Å²) in [7, 11) is 1.68. The third kappa shape index (κ3) is 5.30. The maximum atomic E-state index is 12.1. The smallest absolute Gasteiger partial charge is 0.223 e. The molecule has 1 aromatic rings. The first-order chi connectivity index (χ1) is 9.70. The Morgan fingerprint density at radius 1 is 1.52 bits per heavy atom. The maximum absolute atomic E-state index is 12.1. The third-order valence-corrected chi connectivity index (χ3v) is 3.93. The lowest BCUT2D eigenvalue weighted by Crippen LogP contribution is -2.45. The lowest BCUT2D eigenvalue weighted by Gasteiger charge is -2.32. The highest BCUT2D eigenvalue weighted by Gasteiger charge is 2.31. The SMILES string of the molecule is CO[C@@H]1CC[C@H](C(=O)NCCCn2cccn2)C[C@H]1N.Cl. The Hall–Kier alpha value is -1.11. The number of nitrogens with zero attached hydrogens (tertiary/aromatic N) is 2.